The predicted molar refractivity (Wildman–Crippen MR) is 44.9 cm³/mol. The SMILES string of the molecule is CC#CC(C)(N)OCC.Cl. The Hall–Kier alpha value is -0.230. The quantitative estimate of drug-likeness (QED) is 0.490. The molecule has 2 N–H and O–H groups in total. The van der Waals surface area contributed by atoms with E-state index in [0.717, 1.165) is 0 Å². The summed E-state index contributed by atoms with van der Waals surface area (Å²) in [6.07, 6.45) is 0. The van der Waals surface area contributed by atoms with E-state index < -0.39 is 5.72 Å². The van der Waals surface area contributed by atoms with Gasteiger partial charge in [0.25, 0.3) is 0 Å². The van der Waals surface area contributed by atoms with Crippen LogP contribution in [-0.4, -0.2) is 12.3 Å². The average molecular weight is 164 g/mol. The van der Waals surface area contributed by atoms with Gasteiger partial charge in [0, 0.05) is 6.61 Å². The van der Waals surface area contributed by atoms with Crippen molar-refractivity contribution >= 4 is 12.4 Å². The molecule has 0 aromatic rings. The van der Waals surface area contributed by atoms with Gasteiger partial charge in [0.05, 0.1) is 0 Å². The number of hydrogen-bond donors (Lipinski definition) is 1. The summed E-state index contributed by atoms with van der Waals surface area (Å²) in [5, 5.41) is 0. The van der Waals surface area contributed by atoms with Gasteiger partial charge in [0.15, 0.2) is 5.72 Å². The summed E-state index contributed by atoms with van der Waals surface area (Å²) in [6, 6.07) is 0. The van der Waals surface area contributed by atoms with Gasteiger partial charge in [-0.2, -0.15) is 0 Å². The van der Waals surface area contributed by atoms with Crippen LogP contribution in [0.5, 0.6) is 0 Å². The first-order valence-electron chi connectivity index (χ1n) is 2.99. The second-order valence-corrected chi connectivity index (χ2v) is 1.92. The molecule has 1 unspecified atom stereocenters. The first-order chi connectivity index (χ1) is 4.12. The van der Waals surface area contributed by atoms with Gasteiger partial charge in [-0.25, -0.2) is 0 Å². The van der Waals surface area contributed by atoms with Crippen LogP contribution in [0.2, 0.25) is 0 Å². The van der Waals surface area contributed by atoms with Gasteiger partial charge in [-0.3, -0.25) is 5.73 Å². The Kier molecular flexibility index (Phi) is 6.90. The van der Waals surface area contributed by atoms with Crippen LogP contribution < -0.4 is 5.73 Å². The minimum atomic E-state index is -0.760. The highest BCUT2D eigenvalue weighted by Crippen LogP contribution is 1.97. The molecule has 0 aliphatic rings. The van der Waals surface area contributed by atoms with E-state index in [1.807, 2.05) is 6.92 Å². The molecule has 2 nitrogen and oxygen atoms in total. The van der Waals surface area contributed by atoms with E-state index in [2.05, 4.69) is 11.8 Å². The molecule has 0 saturated carbocycles. The highest BCUT2D eigenvalue weighted by Gasteiger charge is 2.12. The minimum absolute atomic E-state index is 0. The largest absolute Gasteiger partial charge is 0.350 e. The number of halogens is 1. The average Bonchev–Trinajstić information content (AvgIpc) is 1.64. The number of nitrogens with two attached hydrogens (primary N) is 1. The van der Waals surface area contributed by atoms with Gasteiger partial charge >= 0.3 is 0 Å². The van der Waals surface area contributed by atoms with Crippen LogP contribution in [0.3, 0.4) is 0 Å². The fourth-order valence-electron chi connectivity index (χ4n) is 0.584. The van der Waals surface area contributed by atoms with E-state index in [-0.39, 0.29) is 12.4 Å². The Balaban J connectivity index is 0. The van der Waals surface area contributed by atoms with Crippen molar-refractivity contribution in [3.8, 4) is 11.8 Å². The van der Waals surface area contributed by atoms with Crippen LogP contribution in [0.4, 0.5) is 0 Å². The van der Waals surface area contributed by atoms with Gasteiger partial charge in [-0.1, -0.05) is 5.92 Å². The summed E-state index contributed by atoms with van der Waals surface area (Å²) in [4.78, 5) is 0. The second-order valence-electron chi connectivity index (χ2n) is 1.92. The third-order valence-corrected chi connectivity index (χ3v) is 0.817. The van der Waals surface area contributed by atoms with E-state index in [1.54, 1.807) is 13.8 Å². The molecule has 10 heavy (non-hydrogen) atoms. The summed E-state index contributed by atoms with van der Waals surface area (Å²) in [6.45, 7) is 5.97. The summed E-state index contributed by atoms with van der Waals surface area (Å²) in [5.41, 5.74) is 4.78. The van der Waals surface area contributed by atoms with E-state index >= 15 is 0 Å². The number of ether oxygens (including phenoxy) is 1. The zero-order valence-corrected chi connectivity index (χ0v) is 7.42. The summed E-state index contributed by atoms with van der Waals surface area (Å²) >= 11 is 0. The molecule has 0 heterocycles. The molecule has 0 bridgehead atoms. The molecule has 0 aliphatic carbocycles. The maximum Gasteiger partial charge on any atom is 0.176 e. The molecule has 0 fully saturated rings. The fraction of sp³-hybridized carbons (Fsp3) is 0.714. The molecule has 0 aromatic carbocycles. The minimum Gasteiger partial charge on any atom is -0.350 e. The Labute approximate surface area is 68.5 Å². The van der Waals surface area contributed by atoms with Gasteiger partial charge in [-0.05, 0) is 20.8 Å². The van der Waals surface area contributed by atoms with Crippen molar-refractivity contribution in [3.63, 3.8) is 0 Å². The first kappa shape index (κ1) is 12.4. The Morgan fingerprint density at radius 3 is 2.40 bits per heavy atom. The van der Waals surface area contributed by atoms with Crippen molar-refractivity contribution in [1.29, 1.82) is 0 Å². The van der Waals surface area contributed by atoms with Crippen LogP contribution >= 0.6 is 12.4 Å². The summed E-state index contributed by atoms with van der Waals surface area (Å²) < 4.78 is 5.07. The van der Waals surface area contributed by atoms with Crippen molar-refractivity contribution in [3.05, 3.63) is 0 Å². The molecule has 0 aromatic heterocycles. The molecule has 3 heteroatoms. The Bertz CT molecular complexity index is 134. The molecule has 0 rings (SSSR count). The normalized spacial score (nSPS) is 14.0. The lowest BCUT2D eigenvalue weighted by Gasteiger charge is -2.16. The summed E-state index contributed by atoms with van der Waals surface area (Å²) in [7, 11) is 0. The van der Waals surface area contributed by atoms with E-state index in [0.29, 0.717) is 6.61 Å². The standard InChI is InChI=1S/C7H13NO.ClH/c1-4-6-7(3,8)9-5-2;/h5,8H2,1-3H3;1H. The zero-order valence-electron chi connectivity index (χ0n) is 6.60. The maximum atomic E-state index is 5.54. The fourth-order valence-corrected chi connectivity index (χ4v) is 0.584. The zero-order chi connectivity index (χ0) is 7.33. The maximum absolute atomic E-state index is 5.54. The molecular formula is C7H14ClNO. The molecule has 60 valence electrons. The van der Waals surface area contributed by atoms with Crippen molar-refractivity contribution < 1.29 is 4.74 Å². The van der Waals surface area contributed by atoms with Gasteiger partial charge in [-0.15, -0.1) is 18.3 Å². The Morgan fingerprint density at radius 1 is 1.60 bits per heavy atom. The smallest absolute Gasteiger partial charge is 0.176 e. The van der Waals surface area contributed by atoms with Crippen LogP contribution in [0, 0.1) is 11.8 Å². The van der Waals surface area contributed by atoms with Crippen molar-refractivity contribution in [2.75, 3.05) is 6.61 Å². The Morgan fingerprint density at radius 2 is 2.10 bits per heavy atom. The first-order valence-corrected chi connectivity index (χ1v) is 2.99. The highest BCUT2D eigenvalue weighted by molar-refractivity contribution is 5.85. The molecule has 0 aliphatic heterocycles. The lowest BCUT2D eigenvalue weighted by atomic mass is 10.3. The van der Waals surface area contributed by atoms with E-state index in [9.17, 15) is 0 Å². The van der Waals surface area contributed by atoms with Gasteiger partial charge in [0.1, 0.15) is 0 Å². The lowest BCUT2D eigenvalue weighted by Crippen LogP contribution is -2.37. The molecule has 0 spiro atoms. The monoisotopic (exact) mass is 163 g/mol. The topological polar surface area (TPSA) is 35.2 Å². The van der Waals surface area contributed by atoms with Crippen molar-refractivity contribution in [2.24, 2.45) is 5.73 Å². The second kappa shape index (κ2) is 5.55. The van der Waals surface area contributed by atoms with Crippen LogP contribution in [0.25, 0.3) is 0 Å². The van der Waals surface area contributed by atoms with Crippen molar-refractivity contribution in [1.82, 2.24) is 0 Å². The number of hydrogen-bond acceptors (Lipinski definition) is 2. The predicted octanol–water partition coefficient (Wildman–Crippen LogP) is 1.14. The number of rotatable bonds is 2. The van der Waals surface area contributed by atoms with Crippen molar-refractivity contribution in [2.45, 2.75) is 26.5 Å². The molecular weight excluding hydrogens is 150 g/mol. The molecule has 1 atom stereocenters. The van der Waals surface area contributed by atoms with Gasteiger partial charge in [0.2, 0.25) is 0 Å². The highest BCUT2D eigenvalue weighted by atomic mass is 35.5. The van der Waals surface area contributed by atoms with E-state index in [1.165, 1.54) is 0 Å². The molecule has 0 radical (unpaired) electrons. The van der Waals surface area contributed by atoms with Crippen LogP contribution in [0.1, 0.15) is 20.8 Å². The lowest BCUT2D eigenvalue weighted by molar-refractivity contribution is 0.0266. The molecule has 0 saturated heterocycles. The summed E-state index contributed by atoms with van der Waals surface area (Å²) in [5.74, 6) is 5.42. The third kappa shape index (κ3) is 5.90. The van der Waals surface area contributed by atoms with Crippen LogP contribution in [-0.2, 0) is 4.74 Å². The van der Waals surface area contributed by atoms with E-state index in [4.69, 9.17) is 10.5 Å². The van der Waals surface area contributed by atoms with Crippen LogP contribution in [0.15, 0.2) is 0 Å². The van der Waals surface area contributed by atoms with Gasteiger partial charge < -0.3 is 4.74 Å². The third-order valence-electron chi connectivity index (χ3n) is 0.817. The molecule has 0 amide bonds.